The van der Waals surface area contributed by atoms with Crippen LogP contribution in [-0.4, -0.2) is 26.7 Å². The SMILES string of the molecule is Cc1ccc(C(=O)N(CCc2csc3nc(-c4ccc5ccccc5c4)cn23)Cc2ccco2)cc1. The maximum absolute atomic E-state index is 13.4. The van der Waals surface area contributed by atoms with E-state index in [1.165, 1.54) is 10.8 Å². The lowest BCUT2D eigenvalue weighted by molar-refractivity contribution is 0.0733. The van der Waals surface area contributed by atoms with Gasteiger partial charge >= 0.3 is 0 Å². The van der Waals surface area contributed by atoms with E-state index in [1.807, 2.05) is 48.2 Å². The van der Waals surface area contributed by atoms with Crippen molar-refractivity contribution in [2.75, 3.05) is 6.54 Å². The fourth-order valence-electron chi connectivity index (χ4n) is 4.47. The minimum Gasteiger partial charge on any atom is -0.467 e. The van der Waals surface area contributed by atoms with Gasteiger partial charge in [0.05, 0.1) is 18.5 Å². The number of aryl methyl sites for hydroxylation is 1. The number of hydrogen-bond donors (Lipinski definition) is 0. The molecule has 6 heteroatoms. The molecule has 0 unspecified atom stereocenters. The van der Waals surface area contributed by atoms with Crippen LogP contribution in [0.3, 0.4) is 0 Å². The van der Waals surface area contributed by atoms with Gasteiger partial charge in [-0.3, -0.25) is 9.20 Å². The van der Waals surface area contributed by atoms with Crippen LogP contribution in [-0.2, 0) is 13.0 Å². The van der Waals surface area contributed by atoms with E-state index in [0.29, 0.717) is 25.1 Å². The molecule has 0 saturated heterocycles. The number of imidazole rings is 1. The predicted molar refractivity (Wildman–Crippen MR) is 144 cm³/mol. The summed E-state index contributed by atoms with van der Waals surface area (Å²) < 4.78 is 7.70. The molecule has 178 valence electrons. The van der Waals surface area contributed by atoms with Crippen molar-refractivity contribution in [1.29, 1.82) is 0 Å². The summed E-state index contributed by atoms with van der Waals surface area (Å²) in [7, 11) is 0. The first kappa shape index (κ1) is 22.3. The van der Waals surface area contributed by atoms with Gasteiger partial charge in [-0.15, -0.1) is 11.3 Å². The molecule has 3 heterocycles. The van der Waals surface area contributed by atoms with Crippen molar-refractivity contribution < 1.29 is 9.21 Å². The summed E-state index contributed by atoms with van der Waals surface area (Å²) >= 11 is 1.63. The molecule has 0 bridgehead atoms. The number of thiazole rings is 1. The largest absolute Gasteiger partial charge is 0.467 e. The van der Waals surface area contributed by atoms with Gasteiger partial charge in [0.25, 0.3) is 5.91 Å². The summed E-state index contributed by atoms with van der Waals surface area (Å²) in [6.07, 6.45) is 4.46. The first-order valence-corrected chi connectivity index (χ1v) is 12.8. The first-order valence-electron chi connectivity index (χ1n) is 12.0. The van der Waals surface area contributed by atoms with Gasteiger partial charge in [0.1, 0.15) is 5.76 Å². The second-order valence-electron chi connectivity index (χ2n) is 8.99. The average molecular weight is 492 g/mol. The molecule has 3 aromatic carbocycles. The van der Waals surface area contributed by atoms with E-state index in [2.05, 4.69) is 58.4 Å². The van der Waals surface area contributed by atoms with Crippen LogP contribution in [0.1, 0.15) is 27.4 Å². The third kappa shape index (κ3) is 4.43. The summed E-state index contributed by atoms with van der Waals surface area (Å²) in [6, 6.07) is 26.3. The summed E-state index contributed by atoms with van der Waals surface area (Å²) in [5.41, 5.74) is 5.01. The molecule has 0 fully saturated rings. The molecule has 0 atom stereocenters. The lowest BCUT2D eigenvalue weighted by atomic mass is 10.1. The van der Waals surface area contributed by atoms with Crippen molar-refractivity contribution in [3.63, 3.8) is 0 Å². The van der Waals surface area contributed by atoms with Gasteiger partial charge < -0.3 is 9.32 Å². The fourth-order valence-corrected chi connectivity index (χ4v) is 5.38. The van der Waals surface area contributed by atoms with Crippen LogP contribution in [0.5, 0.6) is 0 Å². The fraction of sp³-hybridized carbons (Fsp3) is 0.133. The normalized spacial score (nSPS) is 11.4. The van der Waals surface area contributed by atoms with Crippen molar-refractivity contribution >= 4 is 33.0 Å². The number of furan rings is 1. The summed E-state index contributed by atoms with van der Waals surface area (Å²) in [5, 5.41) is 4.56. The predicted octanol–water partition coefficient (Wildman–Crippen LogP) is 7.00. The molecular formula is C30H25N3O2S. The molecule has 1 amide bonds. The highest BCUT2D eigenvalue weighted by Crippen LogP contribution is 2.27. The summed E-state index contributed by atoms with van der Waals surface area (Å²) in [5.74, 6) is 0.771. The smallest absolute Gasteiger partial charge is 0.254 e. The molecule has 6 rings (SSSR count). The van der Waals surface area contributed by atoms with Gasteiger partial charge in [-0.1, -0.05) is 54.1 Å². The third-order valence-corrected chi connectivity index (χ3v) is 7.37. The number of benzene rings is 3. The Labute approximate surface area is 213 Å². The van der Waals surface area contributed by atoms with E-state index >= 15 is 0 Å². The number of hydrogen-bond acceptors (Lipinski definition) is 4. The Morgan fingerprint density at radius 2 is 1.83 bits per heavy atom. The van der Waals surface area contributed by atoms with Crippen molar-refractivity contribution in [3.05, 3.63) is 119 Å². The van der Waals surface area contributed by atoms with Crippen molar-refractivity contribution in [3.8, 4) is 11.3 Å². The van der Waals surface area contributed by atoms with Gasteiger partial charge in [0.15, 0.2) is 4.96 Å². The lowest BCUT2D eigenvalue weighted by Crippen LogP contribution is -2.32. The maximum Gasteiger partial charge on any atom is 0.254 e. The average Bonchev–Trinajstić information content (AvgIpc) is 3.65. The highest BCUT2D eigenvalue weighted by molar-refractivity contribution is 7.15. The summed E-state index contributed by atoms with van der Waals surface area (Å²) in [4.78, 5) is 21.1. The van der Waals surface area contributed by atoms with Gasteiger partial charge in [-0.05, 0) is 48.0 Å². The van der Waals surface area contributed by atoms with Crippen molar-refractivity contribution in [1.82, 2.24) is 14.3 Å². The molecular weight excluding hydrogens is 466 g/mol. The minimum atomic E-state index is 0.000331. The van der Waals surface area contributed by atoms with Gasteiger partial charge in [0.2, 0.25) is 0 Å². The lowest BCUT2D eigenvalue weighted by Gasteiger charge is -2.22. The van der Waals surface area contributed by atoms with Crippen LogP contribution in [0.25, 0.3) is 27.0 Å². The monoisotopic (exact) mass is 491 g/mol. The molecule has 0 N–H and O–H groups in total. The molecule has 0 aliphatic heterocycles. The Hall–Kier alpha value is -4.16. The standard InChI is InChI=1S/C30H25N3O2S/c1-21-8-10-23(11-9-21)29(34)32(18-27-7-4-16-35-27)15-14-26-20-36-30-31-28(19-33(26)30)25-13-12-22-5-2-3-6-24(22)17-25/h2-13,16-17,19-20H,14-15,18H2,1H3. The molecule has 36 heavy (non-hydrogen) atoms. The number of carbonyl (C=O) groups excluding carboxylic acids is 1. The van der Waals surface area contributed by atoms with Crippen LogP contribution in [0.4, 0.5) is 0 Å². The first-order chi connectivity index (χ1) is 17.6. The topological polar surface area (TPSA) is 50.8 Å². The molecule has 0 spiro atoms. The molecule has 0 saturated carbocycles. The van der Waals surface area contributed by atoms with Crippen molar-refractivity contribution in [2.24, 2.45) is 0 Å². The van der Waals surface area contributed by atoms with E-state index in [9.17, 15) is 4.79 Å². The quantitative estimate of drug-likeness (QED) is 0.242. The van der Waals surface area contributed by atoms with Gasteiger partial charge in [-0.2, -0.15) is 0 Å². The van der Waals surface area contributed by atoms with Crippen LogP contribution < -0.4 is 0 Å². The Morgan fingerprint density at radius 1 is 1.00 bits per heavy atom. The van der Waals surface area contributed by atoms with E-state index in [1.54, 1.807) is 17.6 Å². The number of nitrogens with zero attached hydrogens (tertiary/aromatic N) is 3. The minimum absolute atomic E-state index is 0.000331. The van der Waals surface area contributed by atoms with E-state index in [4.69, 9.17) is 9.40 Å². The Bertz CT molecular complexity index is 1650. The number of fused-ring (bicyclic) bond motifs is 2. The van der Waals surface area contributed by atoms with Crippen molar-refractivity contribution in [2.45, 2.75) is 19.9 Å². The molecule has 0 aliphatic rings. The number of aromatic nitrogens is 2. The second-order valence-corrected chi connectivity index (χ2v) is 9.83. The molecule has 6 aromatic rings. The highest BCUT2D eigenvalue weighted by atomic mass is 32.1. The Balaban J connectivity index is 1.25. The summed E-state index contributed by atoms with van der Waals surface area (Å²) in [6.45, 7) is 3.02. The Morgan fingerprint density at radius 3 is 2.64 bits per heavy atom. The zero-order valence-electron chi connectivity index (χ0n) is 19.9. The van der Waals surface area contributed by atoms with Crippen LogP contribution in [0.2, 0.25) is 0 Å². The Kier molecular flexibility index (Phi) is 5.87. The number of amides is 1. The molecule has 3 aromatic heterocycles. The maximum atomic E-state index is 13.4. The van der Waals surface area contributed by atoms with Crippen LogP contribution >= 0.6 is 11.3 Å². The molecule has 0 radical (unpaired) electrons. The van der Waals surface area contributed by atoms with E-state index in [-0.39, 0.29) is 5.91 Å². The number of carbonyl (C=O) groups is 1. The third-order valence-electron chi connectivity index (χ3n) is 6.48. The number of rotatable bonds is 7. The molecule has 5 nitrogen and oxygen atoms in total. The molecule has 0 aliphatic carbocycles. The van der Waals surface area contributed by atoms with Gasteiger partial charge in [-0.25, -0.2) is 4.98 Å². The zero-order chi connectivity index (χ0) is 24.5. The second kappa shape index (κ2) is 9.47. The zero-order valence-corrected chi connectivity index (χ0v) is 20.7. The van der Waals surface area contributed by atoms with E-state index < -0.39 is 0 Å². The van der Waals surface area contributed by atoms with Crippen LogP contribution in [0.15, 0.2) is 101 Å². The van der Waals surface area contributed by atoms with Crippen LogP contribution in [0, 0.1) is 6.92 Å². The van der Waals surface area contributed by atoms with Gasteiger partial charge in [0, 0.05) is 41.4 Å². The van der Waals surface area contributed by atoms with E-state index in [0.717, 1.165) is 33.2 Å². The highest BCUT2D eigenvalue weighted by Gasteiger charge is 2.19.